The van der Waals surface area contributed by atoms with Crippen molar-refractivity contribution in [3.8, 4) is 5.75 Å². The van der Waals surface area contributed by atoms with Crippen LogP contribution in [0.25, 0.3) is 16.6 Å². The van der Waals surface area contributed by atoms with Crippen LogP contribution in [0.2, 0.25) is 10.0 Å². The van der Waals surface area contributed by atoms with Gasteiger partial charge in [0.25, 0.3) is 0 Å². The van der Waals surface area contributed by atoms with E-state index in [4.69, 9.17) is 27.6 Å². The van der Waals surface area contributed by atoms with Crippen LogP contribution in [-0.4, -0.2) is 19.7 Å². The molecule has 0 atom stereocenters. The number of benzene rings is 1. The molecule has 0 unspecified atom stereocenters. The first-order valence-corrected chi connectivity index (χ1v) is 9.26. The van der Waals surface area contributed by atoms with Gasteiger partial charge in [0.05, 0.1) is 10.0 Å². The molecule has 26 heavy (non-hydrogen) atoms. The van der Waals surface area contributed by atoms with Crippen molar-refractivity contribution in [1.82, 2.24) is 14.6 Å². The summed E-state index contributed by atoms with van der Waals surface area (Å²) in [5.41, 5.74) is 1.72. The van der Waals surface area contributed by atoms with Gasteiger partial charge in [-0.1, -0.05) is 35.0 Å². The maximum Gasteiger partial charge on any atom is 0.336 e. The van der Waals surface area contributed by atoms with Gasteiger partial charge in [0.15, 0.2) is 10.8 Å². The van der Waals surface area contributed by atoms with Gasteiger partial charge in [0.2, 0.25) is 0 Å². The maximum absolute atomic E-state index is 11.9. The third-order valence-corrected chi connectivity index (χ3v) is 5.45. The Hall–Kier alpha value is -2.22. The van der Waals surface area contributed by atoms with Crippen molar-refractivity contribution >= 4 is 51.6 Å². The molecule has 1 aromatic carbocycles. The smallest absolute Gasteiger partial charge is 0.336 e. The van der Waals surface area contributed by atoms with Crippen LogP contribution in [0.1, 0.15) is 11.1 Å². The Morgan fingerprint density at radius 1 is 1.27 bits per heavy atom. The lowest BCUT2D eigenvalue weighted by atomic mass is 10.1. The minimum absolute atomic E-state index is 0.0817. The SMILES string of the molecule is Cc1c(O)ccc2c(CSc3nnc4c(Cl)cc(Cl)cn34)cc(=O)oc12. The second-order valence-electron chi connectivity index (χ2n) is 5.65. The van der Waals surface area contributed by atoms with Gasteiger partial charge in [-0.3, -0.25) is 4.40 Å². The highest BCUT2D eigenvalue weighted by atomic mass is 35.5. The summed E-state index contributed by atoms with van der Waals surface area (Å²) in [6.45, 7) is 1.70. The third kappa shape index (κ3) is 2.92. The number of fused-ring (bicyclic) bond motifs is 2. The van der Waals surface area contributed by atoms with Gasteiger partial charge in [0, 0.05) is 29.0 Å². The topological polar surface area (TPSA) is 80.6 Å². The van der Waals surface area contributed by atoms with Crippen molar-refractivity contribution in [1.29, 1.82) is 0 Å². The van der Waals surface area contributed by atoms with Crippen LogP contribution in [0.4, 0.5) is 0 Å². The molecular weight excluding hydrogens is 397 g/mol. The average molecular weight is 408 g/mol. The van der Waals surface area contributed by atoms with Crippen LogP contribution < -0.4 is 5.63 Å². The monoisotopic (exact) mass is 407 g/mol. The normalized spacial score (nSPS) is 11.5. The van der Waals surface area contributed by atoms with Gasteiger partial charge in [-0.05, 0) is 30.7 Å². The summed E-state index contributed by atoms with van der Waals surface area (Å²) in [6, 6.07) is 6.35. The van der Waals surface area contributed by atoms with Gasteiger partial charge in [-0.15, -0.1) is 10.2 Å². The van der Waals surface area contributed by atoms with E-state index in [1.54, 1.807) is 35.7 Å². The number of rotatable bonds is 3. The summed E-state index contributed by atoms with van der Waals surface area (Å²) in [5, 5.41) is 20.3. The number of phenolic OH excluding ortho intramolecular Hbond substituents is 1. The van der Waals surface area contributed by atoms with Crippen molar-refractivity contribution in [2.24, 2.45) is 0 Å². The number of nitrogens with zero attached hydrogens (tertiary/aromatic N) is 3. The molecule has 0 bridgehead atoms. The van der Waals surface area contributed by atoms with Gasteiger partial charge in [0.1, 0.15) is 11.3 Å². The maximum atomic E-state index is 11.9. The second kappa shape index (κ2) is 6.50. The fourth-order valence-corrected chi connectivity index (χ4v) is 4.09. The largest absolute Gasteiger partial charge is 0.508 e. The first-order chi connectivity index (χ1) is 12.4. The van der Waals surface area contributed by atoms with Crippen molar-refractivity contribution in [3.05, 3.63) is 62.1 Å². The second-order valence-corrected chi connectivity index (χ2v) is 7.43. The van der Waals surface area contributed by atoms with E-state index in [-0.39, 0.29) is 5.75 Å². The van der Waals surface area contributed by atoms with Crippen LogP contribution in [0.15, 0.2) is 44.8 Å². The Balaban J connectivity index is 1.75. The van der Waals surface area contributed by atoms with E-state index in [0.717, 1.165) is 10.9 Å². The number of pyridine rings is 1. The standard InChI is InChI=1S/C17H11Cl2N3O3S/c1-8-13(23)3-2-11-9(4-14(24)25-15(8)11)7-26-17-21-20-16-12(19)5-10(18)6-22(16)17/h2-6,23H,7H2,1H3. The molecule has 4 rings (SSSR count). The van der Waals surface area contributed by atoms with E-state index in [0.29, 0.717) is 37.7 Å². The first-order valence-electron chi connectivity index (χ1n) is 7.52. The van der Waals surface area contributed by atoms with Crippen molar-refractivity contribution in [2.45, 2.75) is 17.8 Å². The number of thioether (sulfide) groups is 1. The molecule has 0 radical (unpaired) electrons. The van der Waals surface area contributed by atoms with E-state index < -0.39 is 5.63 Å². The molecule has 0 aliphatic heterocycles. The van der Waals surface area contributed by atoms with E-state index in [1.807, 2.05) is 0 Å². The fraction of sp³-hybridized carbons (Fsp3) is 0.118. The zero-order valence-electron chi connectivity index (χ0n) is 13.4. The van der Waals surface area contributed by atoms with Gasteiger partial charge < -0.3 is 9.52 Å². The number of hydrogen-bond donors (Lipinski definition) is 1. The molecule has 0 amide bonds. The molecule has 6 nitrogen and oxygen atoms in total. The molecule has 0 aliphatic rings. The van der Waals surface area contributed by atoms with Crippen molar-refractivity contribution < 1.29 is 9.52 Å². The molecule has 0 saturated heterocycles. The molecular formula is C17H11Cl2N3O3S. The van der Waals surface area contributed by atoms with Crippen LogP contribution in [0, 0.1) is 6.92 Å². The van der Waals surface area contributed by atoms with Gasteiger partial charge in [-0.25, -0.2) is 4.79 Å². The Morgan fingerprint density at radius 3 is 2.88 bits per heavy atom. The number of phenols is 1. The molecule has 3 aromatic heterocycles. The predicted octanol–water partition coefficient (Wildman–Crippen LogP) is 4.45. The molecule has 4 aromatic rings. The Bertz CT molecular complexity index is 1220. The quantitative estimate of drug-likeness (QED) is 0.399. The molecule has 0 saturated carbocycles. The summed E-state index contributed by atoms with van der Waals surface area (Å²) in [6.07, 6.45) is 1.69. The number of hydrogen-bond acceptors (Lipinski definition) is 6. The summed E-state index contributed by atoms with van der Waals surface area (Å²) >= 11 is 13.6. The first kappa shape index (κ1) is 17.2. The van der Waals surface area contributed by atoms with E-state index in [1.165, 1.54) is 17.8 Å². The van der Waals surface area contributed by atoms with Crippen LogP contribution in [-0.2, 0) is 5.75 Å². The summed E-state index contributed by atoms with van der Waals surface area (Å²) < 4.78 is 6.97. The molecule has 132 valence electrons. The molecule has 1 N–H and O–H groups in total. The minimum Gasteiger partial charge on any atom is -0.508 e. The van der Waals surface area contributed by atoms with Crippen LogP contribution in [0.3, 0.4) is 0 Å². The zero-order chi connectivity index (χ0) is 18.4. The number of aryl methyl sites for hydroxylation is 1. The summed E-state index contributed by atoms with van der Waals surface area (Å²) in [4.78, 5) is 11.9. The number of aromatic hydroxyl groups is 1. The Labute approximate surface area is 161 Å². The highest BCUT2D eigenvalue weighted by molar-refractivity contribution is 7.98. The molecule has 3 heterocycles. The van der Waals surface area contributed by atoms with Crippen LogP contribution in [0.5, 0.6) is 5.75 Å². The average Bonchev–Trinajstić information content (AvgIpc) is 2.99. The minimum atomic E-state index is -0.473. The predicted molar refractivity (Wildman–Crippen MR) is 101 cm³/mol. The molecule has 9 heteroatoms. The Morgan fingerprint density at radius 2 is 2.08 bits per heavy atom. The third-order valence-electron chi connectivity index (χ3n) is 3.97. The van der Waals surface area contributed by atoms with Crippen molar-refractivity contribution in [3.63, 3.8) is 0 Å². The Kier molecular flexibility index (Phi) is 4.30. The summed E-state index contributed by atoms with van der Waals surface area (Å²) in [5.74, 6) is 0.537. The van der Waals surface area contributed by atoms with Gasteiger partial charge in [-0.2, -0.15) is 0 Å². The number of aromatic nitrogens is 3. The molecule has 0 aliphatic carbocycles. The van der Waals surface area contributed by atoms with Crippen LogP contribution >= 0.6 is 35.0 Å². The van der Waals surface area contributed by atoms with E-state index >= 15 is 0 Å². The molecule has 0 spiro atoms. The van der Waals surface area contributed by atoms with Gasteiger partial charge >= 0.3 is 5.63 Å². The fourth-order valence-electron chi connectivity index (χ4n) is 2.68. The lowest BCUT2D eigenvalue weighted by Gasteiger charge is -2.08. The van der Waals surface area contributed by atoms with E-state index in [2.05, 4.69) is 10.2 Å². The lowest BCUT2D eigenvalue weighted by molar-refractivity contribution is 0.468. The van der Waals surface area contributed by atoms with Crippen molar-refractivity contribution in [2.75, 3.05) is 0 Å². The highest BCUT2D eigenvalue weighted by Crippen LogP contribution is 2.31. The van der Waals surface area contributed by atoms with E-state index in [9.17, 15) is 9.90 Å². The zero-order valence-corrected chi connectivity index (χ0v) is 15.7. The highest BCUT2D eigenvalue weighted by Gasteiger charge is 2.14. The number of halogens is 2. The summed E-state index contributed by atoms with van der Waals surface area (Å²) in [7, 11) is 0. The lowest BCUT2D eigenvalue weighted by Crippen LogP contribution is -2.01. The molecule has 0 fully saturated rings.